The van der Waals surface area contributed by atoms with Crippen LogP contribution in [0.2, 0.25) is 0 Å². The summed E-state index contributed by atoms with van der Waals surface area (Å²) in [4.78, 5) is 22.8. The van der Waals surface area contributed by atoms with Crippen molar-refractivity contribution in [3.05, 3.63) is 62.5 Å². The zero-order chi connectivity index (χ0) is 17.5. The van der Waals surface area contributed by atoms with Crippen LogP contribution in [0.1, 0.15) is 15.9 Å². The zero-order valence-electron chi connectivity index (χ0n) is 12.3. The first-order valence-electron chi connectivity index (χ1n) is 6.76. The minimum absolute atomic E-state index is 0.266. The fraction of sp³-hybridized carbons (Fsp3) is 0.0625. The van der Waals surface area contributed by atoms with Crippen molar-refractivity contribution in [2.45, 2.75) is 0 Å². The molecule has 8 heteroatoms. The first-order valence-corrected chi connectivity index (χ1v) is 8.34. The van der Waals surface area contributed by atoms with Crippen LogP contribution in [0.3, 0.4) is 0 Å². The molecule has 6 nitrogen and oxygen atoms in total. The second-order valence-corrected chi connectivity index (χ2v) is 6.40. The number of halogens is 2. The standard InChI is InChI=1S/C16H13Br2N3O3/c17-12-6-11(15(13(18)7-12)24-9-14(19)22)8-20-21-16(23)10-4-2-1-3-5-10/h1-8H,9H2,(H2,19,22)(H,21,23)/b20-8+. The van der Waals surface area contributed by atoms with Gasteiger partial charge in [0, 0.05) is 15.6 Å². The van der Waals surface area contributed by atoms with Crippen molar-refractivity contribution in [3.63, 3.8) is 0 Å². The molecular formula is C16H13Br2N3O3. The molecule has 0 atom stereocenters. The number of amides is 2. The van der Waals surface area contributed by atoms with Crippen molar-refractivity contribution in [3.8, 4) is 5.75 Å². The molecule has 3 N–H and O–H groups in total. The summed E-state index contributed by atoms with van der Waals surface area (Å²) in [6, 6.07) is 12.2. The Balaban J connectivity index is 2.15. The van der Waals surface area contributed by atoms with E-state index in [0.717, 1.165) is 4.47 Å². The maximum atomic E-state index is 11.9. The summed E-state index contributed by atoms with van der Waals surface area (Å²) >= 11 is 6.71. The Morgan fingerprint density at radius 3 is 2.58 bits per heavy atom. The summed E-state index contributed by atoms with van der Waals surface area (Å²) in [5.74, 6) is -0.527. The molecule has 0 heterocycles. The van der Waals surface area contributed by atoms with Gasteiger partial charge in [-0.15, -0.1) is 0 Å². The summed E-state index contributed by atoms with van der Waals surface area (Å²) in [7, 11) is 0. The minimum atomic E-state index is -0.593. The summed E-state index contributed by atoms with van der Waals surface area (Å²) in [6.45, 7) is -0.266. The fourth-order valence-corrected chi connectivity index (χ4v) is 3.16. The number of carbonyl (C=O) groups excluding carboxylic acids is 2. The molecule has 0 aromatic heterocycles. The van der Waals surface area contributed by atoms with Gasteiger partial charge in [-0.25, -0.2) is 5.43 Å². The predicted molar refractivity (Wildman–Crippen MR) is 98.0 cm³/mol. The second-order valence-electron chi connectivity index (χ2n) is 4.63. The van der Waals surface area contributed by atoms with Crippen LogP contribution in [-0.4, -0.2) is 24.6 Å². The molecule has 0 radical (unpaired) electrons. The third-order valence-electron chi connectivity index (χ3n) is 2.80. The van der Waals surface area contributed by atoms with Crippen LogP contribution in [-0.2, 0) is 4.79 Å². The Labute approximate surface area is 155 Å². The van der Waals surface area contributed by atoms with Crippen molar-refractivity contribution in [2.24, 2.45) is 10.8 Å². The average molecular weight is 455 g/mol. The summed E-state index contributed by atoms with van der Waals surface area (Å²) in [6.07, 6.45) is 1.42. The Morgan fingerprint density at radius 2 is 1.92 bits per heavy atom. The van der Waals surface area contributed by atoms with Crippen LogP contribution >= 0.6 is 31.9 Å². The minimum Gasteiger partial charge on any atom is -0.482 e. The van der Waals surface area contributed by atoms with E-state index in [1.807, 2.05) is 6.07 Å². The van der Waals surface area contributed by atoms with Gasteiger partial charge in [0.25, 0.3) is 11.8 Å². The quantitative estimate of drug-likeness (QED) is 0.519. The highest BCUT2D eigenvalue weighted by Gasteiger charge is 2.10. The molecule has 0 aliphatic heterocycles. The molecule has 0 bridgehead atoms. The number of hydrogen-bond acceptors (Lipinski definition) is 4. The molecule has 0 saturated carbocycles. The monoisotopic (exact) mass is 453 g/mol. The Morgan fingerprint density at radius 1 is 1.21 bits per heavy atom. The first-order chi connectivity index (χ1) is 11.5. The Bertz CT molecular complexity index is 780. The number of nitrogens with zero attached hydrogens (tertiary/aromatic N) is 1. The van der Waals surface area contributed by atoms with Crippen molar-refractivity contribution >= 4 is 49.9 Å². The van der Waals surface area contributed by atoms with Crippen molar-refractivity contribution in [2.75, 3.05) is 6.61 Å². The van der Waals surface area contributed by atoms with E-state index < -0.39 is 5.91 Å². The van der Waals surface area contributed by atoms with E-state index in [0.29, 0.717) is 21.3 Å². The van der Waals surface area contributed by atoms with E-state index in [2.05, 4.69) is 42.4 Å². The van der Waals surface area contributed by atoms with Crippen molar-refractivity contribution in [1.82, 2.24) is 5.43 Å². The lowest BCUT2D eigenvalue weighted by molar-refractivity contribution is -0.119. The molecule has 2 amide bonds. The number of nitrogens with one attached hydrogen (secondary N) is 1. The third kappa shape index (κ3) is 5.17. The van der Waals surface area contributed by atoms with Gasteiger partial charge in [0.2, 0.25) is 0 Å². The van der Waals surface area contributed by atoms with Gasteiger partial charge in [0.15, 0.2) is 6.61 Å². The first kappa shape index (κ1) is 18.2. The molecule has 124 valence electrons. The van der Waals surface area contributed by atoms with Crippen LogP contribution in [0.15, 0.2) is 56.5 Å². The highest BCUT2D eigenvalue weighted by atomic mass is 79.9. The van der Waals surface area contributed by atoms with Crippen LogP contribution < -0.4 is 15.9 Å². The average Bonchev–Trinajstić information content (AvgIpc) is 2.54. The lowest BCUT2D eigenvalue weighted by Gasteiger charge is -2.10. The van der Waals surface area contributed by atoms with Crippen molar-refractivity contribution < 1.29 is 14.3 Å². The fourth-order valence-electron chi connectivity index (χ4n) is 1.79. The van der Waals surface area contributed by atoms with Gasteiger partial charge in [0.05, 0.1) is 10.7 Å². The van der Waals surface area contributed by atoms with Crippen molar-refractivity contribution in [1.29, 1.82) is 0 Å². The van der Waals surface area contributed by atoms with Crippen LogP contribution in [0, 0.1) is 0 Å². The van der Waals surface area contributed by atoms with Gasteiger partial charge in [-0.3, -0.25) is 9.59 Å². The molecule has 0 unspecified atom stereocenters. The second kappa shape index (κ2) is 8.60. The van der Waals surface area contributed by atoms with E-state index >= 15 is 0 Å². The molecule has 24 heavy (non-hydrogen) atoms. The molecular weight excluding hydrogens is 442 g/mol. The van der Waals surface area contributed by atoms with Crippen LogP contribution in [0.5, 0.6) is 5.75 Å². The SMILES string of the molecule is NC(=O)COc1c(Br)cc(Br)cc1/C=N/NC(=O)c1ccccc1. The topological polar surface area (TPSA) is 93.8 Å². The highest BCUT2D eigenvalue weighted by Crippen LogP contribution is 2.32. The molecule has 0 aliphatic carbocycles. The summed E-state index contributed by atoms with van der Waals surface area (Å²) in [5, 5.41) is 3.93. The Kier molecular flexibility index (Phi) is 6.51. The van der Waals surface area contributed by atoms with Gasteiger partial charge in [-0.2, -0.15) is 5.10 Å². The Hall–Kier alpha value is -2.19. The number of primary amides is 1. The lowest BCUT2D eigenvalue weighted by Crippen LogP contribution is -2.21. The summed E-state index contributed by atoms with van der Waals surface area (Å²) in [5.41, 5.74) is 8.58. The number of benzene rings is 2. The number of nitrogens with two attached hydrogens (primary N) is 1. The normalized spacial score (nSPS) is 10.6. The predicted octanol–water partition coefficient (Wildman–Crippen LogP) is 2.84. The number of hydrogen-bond donors (Lipinski definition) is 2. The molecule has 2 aromatic carbocycles. The number of hydrazone groups is 1. The van der Waals surface area contributed by atoms with Gasteiger partial charge in [-0.05, 0) is 40.2 Å². The smallest absolute Gasteiger partial charge is 0.271 e. The lowest BCUT2D eigenvalue weighted by atomic mass is 10.2. The molecule has 0 fully saturated rings. The highest BCUT2D eigenvalue weighted by molar-refractivity contribution is 9.11. The third-order valence-corrected chi connectivity index (χ3v) is 3.85. The molecule has 0 spiro atoms. The maximum Gasteiger partial charge on any atom is 0.271 e. The van der Waals surface area contributed by atoms with E-state index in [-0.39, 0.29) is 12.5 Å². The van der Waals surface area contributed by atoms with E-state index in [4.69, 9.17) is 10.5 Å². The number of carbonyl (C=O) groups is 2. The number of ether oxygens (including phenoxy) is 1. The number of rotatable bonds is 6. The van der Waals surface area contributed by atoms with Crippen LogP contribution in [0.25, 0.3) is 0 Å². The van der Waals surface area contributed by atoms with Gasteiger partial charge >= 0.3 is 0 Å². The van der Waals surface area contributed by atoms with E-state index in [9.17, 15) is 9.59 Å². The van der Waals surface area contributed by atoms with Crippen LogP contribution in [0.4, 0.5) is 0 Å². The van der Waals surface area contributed by atoms with E-state index in [1.165, 1.54) is 6.21 Å². The molecule has 2 rings (SSSR count). The zero-order valence-corrected chi connectivity index (χ0v) is 15.5. The van der Waals surface area contributed by atoms with Gasteiger partial charge in [-0.1, -0.05) is 34.1 Å². The van der Waals surface area contributed by atoms with Gasteiger partial charge in [0.1, 0.15) is 5.75 Å². The molecule has 0 aliphatic rings. The molecule has 2 aromatic rings. The largest absolute Gasteiger partial charge is 0.482 e. The summed E-state index contributed by atoms with van der Waals surface area (Å²) < 4.78 is 6.77. The maximum absolute atomic E-state index is 11.9. The molecule has 0 saturated heterocycles. The van der Waals surface area contributed by atoms with E-state index in [1.54, 1.807) is 36.4 Å². The van der Waals surface area contributed by atoms with Gasteiger partial charge < -0.3 is 10.5 Å².